The minimum atomic E-state index is -0.206. The minimum Gasteiger partial charge on any atom is -0.368 e. The number of para-hydroxylation sites is 2. The first-order chi connectivity index (χ1) is 13.2. The van der Waals surface area contributed by atoms with Gasteiger partial charge in [0.2, 0.25) is 5.65 Å². The van der Waals surface area contributed by atoms with E-state index in [4.69, 9.17) is 4.98 Å². The standard InChI is InChI=1S/C20H19FN6/c1-14-23-24-20-19(22-17-4-2-3-5-18(17)27(14)20)26-12-10-25(11-13-26)16-8-6-15(21)7-9-16/h2-9H,10-13H2,1H3. The topological polar surface area (TPSA) is 49.6 Å². The van der Waals surface area contributed by atoms with E-state index in [1.807, 2.05) is 43.3 Å². The van der Waals surface area contributed by atoms with Crippen LogP contribution >= 0.6 is 0 Å². The zero-order valence-corrected chi connectivity index (χ0v) is 15.0. The molecule has 0 radical (unpaired) electrons. The van der Waals surface area contributed by atoms with Crippen molar-refractivity contribution in [3.8, 4) is 0 Å². The lowest BCUT2D eigenvalue weighted by atomic mass is 10.2. The zero-order valence-electron chi connectivity index (χ0n) is 15.0. The Morgan fingerprint density at radius 1 is 0.852 bits per heavy atom. The number of piperazine rings is 1. The first kappa shape index (κ1) is 16.0. The maximum absolute atomic E-state index is 13.2. The molecule has 0 saturated carbocycles. The Morgan fingerprint density at radius 3 is 2.33 bits per heavy atom. The average molecular weight is 362 g/mol. The predicted molar refractivity (Wildman–Crippen MR) is 104 cm³/mol. The van der Waals surface area contributed by atoms with Gasteiger partial charge in [0.05, 0.1) is 11.0 Å². The van der Waals surface area contributed by atoms with Gasteiger partial charge in [-0.25, -0.2) is 9.37 Å². The zero-order chi connectivity index (χ0) is 18.4. The largest absolute Gasteiger partial charge is 0.368 e. The molecule has 6 nitrogen and oxygen atoms in total. The summed E-state index contributed by atoms with van der Waals surface area (Å²) in [5.74, 6) is 1.52. The second-order valence-corrected chi connectivity index (χ2v) is 6.78. The van der Waals surface area contributed by atoms with Crippen molar-refractivity contribution < 1.29 is 4.39 Å². The quantitative estimate of drug-likeness (QED) is 0.549. The number of halogens is 1. The van der Waals surface area contributed by atoms with Crippen molar-refractivity contribution in [3.63, 3.8) is 0 Å². The molecular formula is C20H19FN6. The van der Waals surface area contributed by atoms with Crippen molar-refractivity contribution in [2.24, 2.45) is 0 Å². The first-order valence-corrected chi connectivity index (χ1v) is 9.07. The fourth-order valence-corrected chi connectivity index (χ4v) is 3.75. The summed E-state index contributed by atoms with van der Waals surface area (Å²) >= 11 is 0. The van der Waals surface area contributed by atoms with E-state index in [-0.39, 0.29) is 5.82 Å². The summed E-state index contributed by atoms with van der Waals surface area (Å²) in [5, 5.41) is 8.66. The molecule has 2 aromatic carbocycles. The molecule has 136 valence electrons. The third-order valence-corrected chi connectivity index (χ3v) is 5.14. The number of anilines is 2. The van der Waals surface area contributed by atoms with Gasteiger partial charge in [-0.1, -0.05) is 12.1 Å². The highest BCUT2D eigenvalue weighted by molar-refractivity contribution is 5.83. The van der Waals surface area contributed by atoms with Gasteiger partial charge in [-0.15, -0.1) is 10.2 Å². The summed E-state index contributed by atoms with van der Waals surface area (Å²) in [4.78, 5) is 9.41. The van der Waals surface area contributed by atoms with Crippen LogP contribution in [0.4, 0.5) is 15.9 Å². The summed E-state index contributed by atoms with van der Waals surface area (Å²) in [6.07, 6.45) is 0. The molecule has 1 fully saturated rings. The van der Waals surface area contributed by atoms with Crippen LogP contribution in [0.25, 0.3) is 16.7 Å². The molecule has 0 N–H and O–H groups in total. The van der Waals surface area contributed by atoms with Crippen LogP contribution in [-0.4, -0.2) is 45.8 Å². The Labute approximate surface area is 155 Å². The molecule has 3 heterocycles. The lowest BCUT2D eigenvalue weighted by molar-refractivity contribution is 0.624. The van der Waals surface area contributed by atoms with Crippen LogP contribution in [-0.2, 0) is 0 Å². The van der Waals surface area contributed by atoms with Crippen LogP contribution in [0, 0.1) is 12.7 Å². The number of hydrogen-bond acceptors (Lipinski definition) is 5. The molecule has 1 aliphatic rings. The van der Waals surface area contributed by atoms with E-state index in [1.54, 1.807) is 0 Å². The van der Waals surface area contributed by atoms with Crippen LogP contribution in [0.15, 0.2) is 48.5 Å². The Kier molecular flexibility index (Phi) is 3.67. The highest BCUT2D eigenvalue weighted by Gasteiger charge is 2.23. The fraction of sp³-hybridized carbons (Fsp3) is 0.250. The Bertz CT molecular complexity index is 1110. The van der Waals surface area contributed by atoms with Crippen molar-refractivity contribution in [2.45, 2.75) is 6.92 Å². The summed E-state index contributed by atoms with van der Waals surface area (Å²) in [6, 6.07) is 14.7. The number of aryl methyl sites for hydroxylation is 1. The SMILES string of the molecule is Cc1nnc2c(N3CCN(c4ccc(F)cc4)CC3)nc3ccccc3n12. The molecule has 0 aliphatic carbocycles. The normalized spacial score (nSPS) is 15.0. The van der Waals surface area contributed by atoms with E-state index in [1.165, 1.54) is 12.1 Å². The minimum absolute atomic E-state index is 0.206. The Balaban J connectivity index is 1.48. The monoisotopic (exact) mass is 362 g/mol. The van der Waals surface area contributed by atoms with Gasteiger partial charge in [-0.3, -0.25) is 4.40 Å². The van der Waals surface area contributed by atoms with Crippen molar-refractivity contribution in [1.29, 1.82) is 0 Å². The summed E-state index contributed by atoms with van der Waals surface area (Å²) in [6.45, 7) is 5.30. The van der Waals surface area contributed by atoms with Gasteiger partial charge in [0.1, 0.15) is 11.6 Å². The average Bonchev–Trinajstić information content (AvgIpc) is 3.10. The molecule has 1 aliphatic heterocycles. The van der Waals surface area contributed by atoms with Gasteiger partial charge in [0, 0.05) is 31.9 Å². The number of rotatable bonds is 2. The van der Waals surface area contributed by atoms with Gasteiger partial charge in [-0.05, 0) is 43.3 Å². The highest BCUT2D eigenvalue weighted by atomic mass is 19.1. The lowest BCUT2D eigenvalue weighted by Gasteiger charge is -2.36. The maximum Gasteiger partial charge on any atom is 0.204 e. The summed E-state index contributed by atoms with van der Waals surface area (Å²) in [5.41, 5.74) is 3.79. The van der Waals surface area contributed by atoms with E-state index in [0.717, 1.165) is 60.2 Å². The second-order valence-electron chi connectivity index (χ2n) is 6.78. The lowest BCUT2D eigenvalue weighted by Crippen LogP contribution is -2.47. The van der Waals surface area contributed by atoms with Gasteiger partial charge in [-0.2, -0.15) is 0 Å². The molecule has 1 saturated heterocycles. The molecule has 4 aromatic rings. The van der Waals surface area contributed by atoms with Crippen molar-refractivity contribution in [2.75, 3.05) is 36.0 Å². The molecule has 0 unspecified atom stereocenters. The van der Waals surface area contributed by atoms with E-state index in [0.29, 0.717) is 0 Å². The van der Waals surface area contributed by atoms with Crippen LogP contribution in [0.2, 0.25) is 0 Å². The molecule has 7 heteroatoms. The Morgan fingerprint density at radius 2 is 1.56 bits per heavy atom. The maximum atomic E-state index is 13.2. The van der Waals surface area contributed by atoms with Gasteiger partial charge in [0.25, 0.3) is 0 Å². The molecule has 27 heavy (non-hydrogen) atoms. The summed E-state index contributed by atoms with van der Waals surface area (Å²) < 4.78 is 15.2. The molecule has 5 rings (SSSR count). The van der Waals surface area contributed by atoms with E-state index in [2.05, 4.69) is 24.4 Å². The number of benzene rings is 2. The number of nitrogens with zero attached hydrogens (tertiary/aromatic N) is 6. The van der Waals surface area contributed by atoms with Crippen molar-refractivity contribution in [3.05, 3.63) is 60.2 Å². The number of aromatic nitrogens is 4. The Hall–Kier alpha value is -3.22. The molecular weight excluding hydrogens is 343 g/mol. The predicted octanol–water partition coefficient (Wildman–Crippen LogP) is 3.05. The molecule has 2 aromatic heterocycles. The molecule has 0 spiro atoms. The second kappa shape index (κ2) is 6.19. The van der Waals surface area contributed by atoms with E-state index >= 15 is 0 Å². The van der Waals surface area contributed by atoms with Crippen LogP contribution in [0.5, 0.6) is 0 Å². The third-order valence-electron chi connectivity index (χ3n) is 5.14. The van der Waals surface area contributed by atoms with Crippen LogP contribution in [0.3, 0.4) is 0 Å². The van der Waals surface area contributed by atoms with Crippen LogP contribution < -0.4 is 9.80 Å². The smallest absolute Gasteiger partial charge is 0.204 e. The van der Waals surface area contributed by atoms with E-state index in [9.17, 15) is 4.39 Å². The first-order valence-electron chi connectivity index (χ1n) is 9.07. The number of fused-ring (bicyclic) bond motifs is 3. The van der Waals surface area contributed by atoms with Crippen molar-refractivity contribution in [1.82, 2.24) is 19.6 Å². The third kappa shape index (κ3) is 2.66. The van der Waals surface area contributed by atoms with E-state index < -0.39 is 0 Å². The summed E-state index contributed by atoms with van der Waals surface area (Å²) in [7, 11) is 0. The fourth-order valence-electron chi connectivity index (χ4n) is 3.75. The van der Waals surface area contributed by atoms with Crippen LogP contribution in [0.1, 0.15) is 5.82 Å². The van der Waals surface area contributed by atoms with Gasteiger partial charge in [0.15, 0.2) is 5.82 Å². The molecule has 0 amide bonds. The van der Waals surface area contributed by atoms with Gasteiger partial charge < -0.3 is 9.80 Å². The van der Waals surface area contributed by atoms with Crippen molar-refractivity contribution >= 4 is 28.2 Å². The molecule has 0 atom stereocenters. The van der Waals surface area contributed by atoms with Gasteiger partial charge >= 0.3 is 0 Å². The highest BCUT2D eigenvalue weighted by Crippen LogP contribution is 2.26. The molecule has 0 bridgehead atoms. The number of hydrogen-bond donors (Lipinski definition) is 0.